The second-order valence-corrected chi connectivity index (χ2v) is 31.1. The predicted octanol–water partition coefficient (Wildman–Crippen LogP) is 4.84. The molecule has 4 saturated heterocycles. The van der Waals surface area contributed by atoms with E-state index < -0.39 is 103 Å². The zero-order valence-electron chi connectivity index (χ0n) is 64.2. The number of fused-ring (bicyclic) bond motifs is 3. The van der Waals surface area contributed by atoms with Crippen LogP contribution in [0.1, 0.15) is 108 Å². The van der Waals surface area contributed by atoms with E-state index in [4.69, 9.17) is 24.5 Å². The van der Waals surface area contributed by atoms with Crippen molar-refractivity contribution in [2.75, 3.05) is 113 Å². The Morgan fingerprint density at radius 1 is 0.796 bits per heavy atom. The Kier molecular flexibility index (Phi) is 26.8. The van der Waals surface area contributed by atoms with Gasteiger partial charge in [-0.05, 0) is 129 Å². The fourth-order valence-electron chi connectivity index (χ4n) is 15.3. The average molecular weight is 1570 g/mol. The Hall–Kier alpha value is -10.9. The number of aromatic hydroxyl groups is 1. The van der Waals surface area contributed by atoms with Gasteiger partial charge in [0, 0.05) is 94.8 Å². The van der Waals surface area contributed by atoms with E-state index in [0.717, 1.165) is 77.8 Å². The van der Waals surface area contributed by atoms with Gasteiger partial charge >= 0.3 is 12.1 Å². The summed E-state index contributed by atoms with van der Waals surface area (Å²) in [5, 5.41) is 48.9. The number of imide groups is 1. The number of para-hydroxylation sites is 1. The Morgan fingerprint density at radius 2 is 1.55 bits per heavy atom. The van der Waals surface area contributed by atoms with E-state index >= 15 is 0 Å². The number of carbonyl (C=O) groups is 10. The summed E-state index contributed by atoms with van der Waals surface area (Å²) in [5.74, 6) is -4.29. The molecule has 0 unspecified atom stereocenters. The van der Waals surface area contributed by atoms with Crippen LogP contribution >= 0.6 is 11.3 Å². The number of carbonyl (C=O) groups excluding carboxylic acids is 10. The number of thiazole rings is 1. The minimum Gasteiger partial charge on any atom is -0.507 e. The normalized spacial score (nSPS) is 19.7. The number of benzene rings is 3. The molecule has 0 spiro atoms. The topological polar surface area (TPSA) is 412 Å². The van der Waals surface area contributed by atoms with Crippen LogP contribution in [0.15, 0.2) is 107 Å². The van der Waals surface area contributed by atoms with Gasteiger partial charge in [-0.15, -0.1) is 21.5 Å². The van der Waals surface area contributed by atoms with E-state index in [9.17, 15) is 58.2 Å². The minimum atomic E-state index is -1.15. The number of anilines is 3. The van der Waals surface area contributed by atoms with E-state index in [1.807, 2.05) is 63.5 Å². The molecule has 12 rings (SSSR count). The van der Waals surface area contributed by atoms with Crippen molar-refractivity contribution in [1.29, 1.82) is 0 Å². The number of piperazine rings is 1. The van der Waals surface area contributed by atoms with Crippen molar-refractivity contribution in [2.45, 2.75) is 135 Å². The highest BCUT2D eigenvalue weighted by Crippen LogP contribution is 2.40. The smallest absolute Gasteiger partial charge is 0.415 e. The van der Waals surface area contributed by atoms with Crippen LogP contribution in [0.3, 0.4) is 0 Å². The van der Waals surface area contributed by atoms with Gasteiger partial charge in [0.15, 0.2) is 11.6 Å². The molecule has 0 aliphatic carbocycles. The standard InChI is InChI=1S/C79H99N17O16S/c1-46(2)70(77(106)94-40-56(97)34-62(94)75(104)83-48(5)52-15-17-53(18-16-52)72-49(6)82-45-113-72)64-36-66(89-112-64)109-33-32-90-27-23-50(24-28-90)37-91-30-31-93-55(38-91)39-96(73-61(93)35-60(87-88-73)58-10-7-8-12-63(58)98)79(108)111-43-51-13-19-54(20-14-51)84-74(103)59(11-9-26-81-78(80)107)85-76(105)71(47(3)4)86-65(99)44-110-57-25-29-92(41-57)69(102)42-95-67(100)21-22-68(95)101/h7-8,10,12-22,35-36,45-48,50,55-57,59,62,70-71,97-98H,9,11,23-34,37-44H2,1-6H3,(H,83,104)(H,84,103)(H,85,105)(H,86,99)(H3,80,81,107)/t48-,55+,56+,57-,59-,62-,70+,71-/m0/s1. The van der Waals surface area contributed by atoms with Crippen molar-refractivity contribution in [1.82, 2.24) is 66.1 Å². The molecule has 11 amide bonds. The van der Waals surface area contributed by atoms with E-state index in [-0.39, 0.29) is 100 Å². The van der Waals surface area contributed by atoms with Crippen molar-refractivity contribution >= 4 is 87.9 Å². The van der Waals surface area contributed by atoms with Crippen LogP contribution in [0.25, 0.3) is 21.7 Å². The second-order valence-electron chi connectivity index (χ2n) is 30.3. The molecule has 9 N–H and O–H groups in total. The van der Waals surface area contributed by atoms with Gasteiger partial charge in [-0.2, -0.15) is 0 Å². The Balaban J connectivity index is 0.607. The molecule has 3 aromatic carbocycles. The lowest BCUT2D eigenvalue weighted by molar-refractivity contribution is -0.144. The van der Waals surface area contributed by atoms with Crippen LogP contribution in [0.4, 0.5) is 26.8 Å². The highest BCUT2D eigenvalue weighted by Gasteiger charge is 2.45. The monoisotopic (exact) mass is 1570 g/mol. The first-order chi connectivity index (χ1) is 54.3. The second kappa shape index (κ2) is 37.1. The number of hydrogen-bond donors (Lipinski definition) is 8. The number of β-amino-alcohol motifs (C(OH)–C–C–N with tert-alkyl or cyclic N) is 1. The number of aliphatic hydroxyl groups is 1. The van der Waals surface area contributed by atoms with Gasteiger partial charge in [0.2, 0.25) is 35.4 Å². The number of ether oxygens (including phenoxy) is 3. The van der Waals surface area contributed by atoms with E-state index in [0.29, 0.717) is 78.4 Å². The predicted molar refractivity (Wildman–Crippen MR) is 415 cm³/mol. The van der Waals surface area contributed by atoms with Crippen LogP contribution in [0, 0.1) is 24.7 Å². The van der Waals surface area contributed by atoms with Gasteiger partial charge in [-0.25, -0.2) is 14.6 Å². The molecule has 33 nitrogen and oxygen atoms in total. The number of likely N-dealkylation sites (tertiary alicyclic amines) is 3. The number of amides is 11. The molecule has 34 heteroatoms. The first kappa shape index (κ1) is 81.5. The molecule has 6 aliphatic heterocycles. The van der Waals surface area contributed by atoms with Crippen LogP contribution in [-0.4, -0.2) is 249 Å². The number of aliphatic hydroxyl groups excluding tert-OH is 1. The van der Waals surface area contributed by atoms with Crippen molar-refractivity contribution in [3.8, 4) is 33.3 Å². The maximum absolute atomic E-state index is 14.4. The van der Waals surface area contributed by atoms with E-state index in [1.54, 1.807) is 79.8 Å². The molecular weight excluding hydrogens is 1480 g/mol. The molecule has 0 bridgehead atoms. The number of phenols is 1. The quantitative estimate of drug-likeness (QED) is 0.0213. The third-order valence-corrected chi connectivity index (χ3v) is 22.5. The maximum Gasteiger partial charge on any atom is 0.415 e. The Labute approximate surface area is 658 Å². The van der Waals surface area contributed by atoms with E-state index in [1.165, 1.54) is 14.7 Å². The third kappa shape index (κ3) is 20.5. The van der Waals surface area contributed by atoms with Crippen molar-refractivity contribution < 1.29 is 76.9 Å². The average Bonchev–Trinajstić information content (AvgIpc) is 1.62. The van der Waals surface area contributed by atoms with Crippen LogP contribution in [0.2, 0.25) is 0 Å². The molecule has 0 saturated carbocycles. The number of nitrogens with two attached hydrogens (primary N) is 1. The number of aryl methyl sites for hydroxylation is 1. The summed E-state index contributed by atoms with van der Waals surface area (Å²) < 4.78 is 23.7. The number of rotatable bonds is 31. The zero-order valence-corrected chi connectivity index (χ0v) is 65.1. The molecule has 602 valence electrons. The Morgan fingerprint density at radius 3 is 2.26 bits per heavy atom. The number of hydrogen-bond acceptors (Lipinski definition) is 24. The van der Waals surface area contributed by atoms with Gasteiger partial charge in [0.25, 0.3) is 17.7 Å². The van der Waals surface area contributed by atoms with Crippen molar-refractivity contribution in [2.24, 2.45) is 23.5 Å². The molecule has 4 fully saturated rings. The lowest BCUT2D eigenvalue weighted by Crippen LogP contribution is -2.61. The highest BCUT2D eigenvalue weighted by atomic mass is 32.1. The summed E-state index contributed by atoms with van der Waals surface area (Å²) in [6, 6.07) is 20.5. The number of urea groups is 1. The largest absolute Gasteiger partial charge is 0.507 e. The van der Waals surface area contributed by atoms with Gasteiger partial charge in [-0.1, -0.05) is 76.2 Å². The number of phenolic OH excluding ortho intramolecular Hbond substituents is 1. The van der Waals surface area contributed by atoms with Crippen LogP contribution < -0.4 is 46.9 Å². The molecule has 0 radical (unpaired) electrons. The maximum atomic E-state index is 14.4. The SMILES string of the molecule is Cc1ncsc1-c1ccc([C@H](C)NC(=O)[C@@H]2C[C@@H](O)CN2C(=O)[C@@H](c2cc(OCCN3CCC(CN4CCN5c6cc(-c7ccccc7O)nnc6N(C(=O)OCc6ccc(NC(=O)[C@H](CCCNC(N)=O)NC(=O)[C@@H](NC(=O)CO[C@H]7CCN(C(=O)CN8C(=O)C=CC8=O)C7)C(C)C)cc6)C[C@H]5C4)CC3)no2)C(C)C)cc1. The molecule has 6 aromatic rings. The van der Waals surface area contributed by atoms with Crippen LogP contribution in [-0.2, 0) is 54.4 Å². The molecular formula is C79H99N17O16S. The first-order valence-corrected chi connectivity index (χ1v) is 39.3. The summed E-state index contributed by atoms with van der Waals surface area (Å²) in [6.45, 7) is 16.5. The molecule has 9 heterocycles. The number of piperidine rings is 1. The first-order valence-electron chi connectivity index (χ1n) is 38.5. The molecule has 8 atom stereocenters. The minimum absolute atomic E-state index is 0.00829. The number of aromatic nitrogens is 4. The summed E-state index contributed by atoms with van der Waals surface area (Å²) in [7, 11) is 0. The summed E-state index contributed by atoms with van der Waals surface area (Å²) in [6.07, 6.45) is 2.86. The Bertz CT molecular complexity index is 4440. The van der Waals surface area contributed by atoms with Crippen LogP contribution in [0.5, 0.6) is 11.6 Å². The van der Waals surface area contributed by atoms with Gasteiger partial charge in [0.1, 0.15) is 56.2 Å². The summed E-state index contributed by atoms with van der Waals surface area (Å²) in [4.78, 5) is 150. The van der Waals surface area contributed by atoms with Crippen molar-refractivity contribution in [3.05, 3.63) is 125 Å². The third-order valence-electron chi connectivity index (χ3n) is 21.5. The number of primary amides is 1. The fourth-order valence-corrected chi connectivity index (χ4v) is 16.1. The fraction of sp³-hybridized carbons (Fsp3) is 0.494. The number of nitrogens with one attached hydrogen (secondary N) is 5. The molecule has 113 heavy (non-hydrogen) atoms. The lowest BCUT2D eigenvalue weighted by Gasteiger charge is -2.48. The zero-order chi connectivity index (χ0) is 80.1. The van der Waals surface area contributed by atoms with Gasteiger partial charge in [0.05, 0.1) is 58.3 Å². The van der Waals surface area contributed by atoms with Gasteiger partial charge in [-0.3, -0.25) is 58.0 Å². The summed E-state index contributed by atoms with van der Waals surface area (Å²) >= 11 is 1.57. The number of nitrogens with zero attached hydrogens (tertiary/aromatic N) is 11. The molecule has 6 aliphatic rings. The van der Waals surface area contributed by atoms with Crippen molar-refractivity contribution in [3.63, 3.8) is 0 Å². The lowest BCUT2D eigenvalue weighted by atomic mass is 9.91. The summed E-state index contributed by atoms with van der Waals surface area (Å²) in [5.41, 5.74) is 12.5. The highest BCUT2D eigenvalue weighted by molar-refractivity contribution is 7.13. The van der Waals surface area contributed by atoms with Gasteiger partial charge < -0.3 is 76.0 Å². The van der Waals surface area contributed by atoms with E-state index in [2.05, 4.69) is 61.6 Å². The molecule has 3 aromatic heterocycles.